The summed E-state index contributed by atoms with van der Waals surface area (Å²) in [6.45, 7) is 1.73. The Hall–Kier alpha value is -1.36. The molecule has 8 heteroatoms. The number of fused-ring (bicyclic) bond motifs is 1. The molecular weight excluding hydrogens is 315 g/mol. The second-order valence-electron chi connectivity index (χ2n) is 4.71. The third-order valence-corrected chi connectivity index (χ3v) is 5.17. The van der Waals surface area contributed by atoms with Gasteiger partial charge in [-0.3, -0.25) is 0 Å². The Bertz CT molecular complexity index is 935. The van der Waals surface area contributed by atoms with E-state index in [-0.39, 0.29) is 23.8 Å². The Balaban J connectivity index is 0.00000176. The second-order valence-corrected chi connectivity index (χ2v) is 7.05. The van der Waals surface area contributed by atoms with Crippen molar-refractivity contribution in [2.24, 2.45) is 0 Å². The molecular formula is C14H11LiN2O3S2. The molecule has 0 aliphatic rings. The van der Waals surface area contributed by atoms with Gasteiger partial charge in [-0.2, -0.15) is 0 Å². The number of nitrogens with two attached hydrogens (primary N) is 1. The van der Waals surface area contributed by atoms with Crippen LogP contribution in [0.2, 0.25) is 0 Å². The maximum Gasteiger partial charge on any atom is 1.00 e. The van der Waals surface area contributed by atoms with Crippen LogP contribution in [0.25, 0.3) is 20.8 Å². The summed E-state index contributed by atoms with van der Waals surface area (Å²) >= 11 is 1.19. The zero-order valence-electron chi connectivity index (χ0n) is 12.0. The van der Waals surface area contributed by atoms with Crippen LogP contribution in [0.15, 0.2) is 41.3 Å². The fraction of sp³-hybridized carbons (Fsp3) is 0.0714. The van der Waals surface area contributed by atoms with Crippen molar-refractivity contribution in [3.63, 3.8) is 0 Å². The molecule has 0 aliphatic heterocycles. The van der Waals surface area contributed by atoms with Gasteiger partial charge in [0.15, 0.2) is 0 Å². The summed E-state index contributed by atoms with van der Waals surface area (Å²) in [4.78, 5) is 4.21. The van der Waals surface area contributed by atoms with Crippen LogP contribution in [0.1, 0.15) is 5.56 Å². The van der Waals surface area contributed by atoms with Gasteiger partial charge in [-0.05, 0) is 48.9 Å². The number of thiazole rings is 1. The Labute approximate surface area is 144 Å². The number of aromatic nitrogens is 1. The average molecular weight is 326 g/mol. The van der Waals surface area contributed by atoms with E-state index in [1.807, 2.05) is 12.1 Å². The fourth-order valence-electron chi connectivity index (χ4n) is 2.07. The predicted octanol–water partition coefficient (Wildman–Crippen LogP) is -0.238. The van der Waals surface area contributed by atoms with Crippen LogP contribution in [0.4, 0.5) is 5.69 Å². The average Bonchev–Trinajstić information content (AvgIpc) is 2.80. The zero-order chi connectivity index (χ0) is 15.2. The van der Waals surface area contributed by atoms with Gasteiger partial charge in [-0.25, -0.2) is 13.4 Å². The number of nitrogen functional groups attached to an aromatic ring is 1. The molecule has 0 radical (unpaired) electrons. The fourth-order valence-corrected chi connectivity index (χ4v) is 4.12. The summed E-state index contributed by atoms with van der Waals surface area (Å²) in [7, 11) is -4.53. The largest absolute Gasteiger partial charge is 1.00 e. The summed E-state index contributed by atoms with van der Waals surface area (Å²) < 4.78 is 34.6. The molecule has 22 heavy (non-hydrogen) atoms. The molecule has 2 aromatic carbocycles. The van der Waals surface area contributed by atoms with E-state index >= 15 is 0 Å². The predicted molar refractivity (Wildman–Crippen MR) is 82.2 cm³/mol. The first kappa shape index (κ1) is 17.0. The first-order valence-electron chi connectivity index (χ1n) is 6.07. The second kappa shape index (κ2) is 6.03. The molecule has 0 saturated carbocycles. The smallest absolute Gasteiger partial charge is 0.744 e. The normalized spacial score (nSPS) is 11.4. The molecule has 108 valence electrons. The van der Waals surface area contributed by atoms with Crippen molar-refractivity contribution >= 4 is 37.4 Å². The SMILES string of the molecule is Cc1cc(S(=O)(=O)[O-])c2sc(-c3ccc(N)cc3)nc2c1.[Li+]. The van der Waals surface area contributed by atoms with E-state index in [0.717, 1.165) is 5.56 Å². The number of aryl methyl sites for hydroxylation is 1. The number of anilines is 1. The van der Waals surface area contributed by atoms with Crippen LogP contribution in [-0.2, 0) is 10.1 Å². The number of nitrogens with zero attached hydrogens (tertiary/aromatic N) is 1. The first-order valence-corrected chi connectivity index (χ1v) is 8.30. The molecule has 1 aromatic heterocycles. The van der Waals surface area contributed by atoms with Gasteiger partial charge in [0.1, 0.15) is 15.1 Å². The van der Waals surface area contributed by atoms with Crippen molar-refractivity contribution in [3.05, 3.63) is 42.0 Å². The van der Waals surface area contributed by atoms with Crippen molar-refractivity contribution in [1.29, 1.82) is 0 Å². The minimum atomic E-state index is -4.53. The Morgan fingerprint density at radius 3 is 2.41 bits per heavy atom. The van der Waals surface area contributed by atoms with Gasteiger partial charge in [-0.15, -0.1) is 11.3 Å². The third kappa shape index (κ3) is 3.19. The number of hydrogen-bond donors (Lipinski definition) is 1. The van der Waals surface area contributed by atoms with Gasteiger partial charge >= 0.3 is 18.9 Å². The molecule has 2 N–H and O–H groups in total. The Kier molecular flexibility index (Phi) is 4.66. The summed E-state index contributed by atoms with van der Waals surface area (Å²) in [6, 6.07) is 10.3. The molecule has 3 rings (SSSR count). The van der Waals surface area contributed by atoms with E-state index in [2.05, 4.69) is 4.98 Å². The van der Waals surface area contributed by atoms with Crippen molar-refractivity contribution in [1.82, 2.24) is 4.98 Å². The van der Waals surface area contributed by atoms with Gasteiger partial charge in [0.05, 0.1) is 15.1 Å². The Morgan fingerprint density at radius 2 is 1.82 bits per heavy atom. The standard InChI is InChI=1S/C14H12N2O3S2.Li/c1-8-6-11-13(12(7-8)21(17,18)19)20-14(16-11)9-2-4-10(15)5-3-9;/h2-7H,15H2,1H3,(H,17,18,19);/q;+1/p-1. The van der Waals surface area contributed by atoms with Gasteiger partial charge in [0, 0.05) is 11.3 Å². The van der Waals surface area contributed by atoms with Crippen LogP contribution in [0.5, 0.6) is 0 Å². The van der Waals surface area contributed by atoms with Crippen LogP contribution >= 0.6 is 11.3 Å². The van der Waals surface area contributed by atoms with Gasteiger partial charge < -0.3 is 10.3 Å². The quantitative estimate of drug-likeness (QED) is 0.398. The molecule has 0 unspecified atom stereocenters. The summed E-state index contributed by atoms with van der Waals surface area (Å²) in [6.07, 6.45) is 0. The summed E-state index contributed by atoms with van der Waals surface area (Å²) in [5.41, 5.74) is 8.31. The van der Waals surface area contributed by atoms with Crippen molar-refractivity contribution < 1.29 is 31.8 Å². The van der Waals surface area contributed by atoms with Crippen LogP contribution in [0.3, 0.4) is 0 Å². The Morgan fingerprint density at radius 1 is 1.18 bits per heavy atom. The molecule has 0 saturated heterocycles. The molecule has 0 fully saturated rings. The first-order chi connectivity index (χ1) is 9.84. The maximum atomic E-state index is 11.4. The van der Waals surface area contributed by atoms with Crippen LogP contribution in [0, 0.1) is 6.92 Å². The third-order valence-electron chi connectivity index (χ3n) is 3.03. The zero-order valence-corrected chi connectivity index (χ0v) is 13.7. The number of hydrogen-bond acceptors (Lipinski definition) is 6. The summed E-state index contributed by atoms with van der Waals surface area (Å²) in [5, 5.41) is 0.653. The molecule has 1 heterocycles. The number of rotatable bonds is 2. The van der Waals surface area contributed by atoms with E-state index in [1.165, 1.54) is 17.4 Å². The van der Waals surface area contributed by atoms with Gasteiger partial charge in [-0.1, -0.05) is 0 Å². The van der Waals surface area contributed by atoms with Gasteiger partial charge in [0.2, 0.25) is 0 Å². The molecule has 0 atom stereocenters. The van der Waals surface area contributed by atoms with E-state index in [9.17, 15) is 13.0 Å². The van der Waals surface area contributed by atoms with E-state index in [4.69, 9.17) is 5.73 Å². The topological polar surface area (TPSA) is 96.1 Å². The number of benzene rings is 2. The van der Waals surface area contributed by atoms with E-state index in [1.54, 1.807) is 25.1 Å². The molecule has 0 bridgehead atoms. The van der Waals surface area contributed by atoms with E-state index in [0.29, 0.717) is 26.5 Å². The van der Waals surface area contributed by atoms with Crippen molar-refractivity contribution in [2.45, 2.75) is 11.8 Å². The van der Waals surface area contributed by atoms with Crippen molar-refractivity contribution in [2.75, 3.05) is 5.73 Å². The molecule has 3 aromatic rings. The van der Waals surface area contributed by atoms with Gasteiger partial charge in [0.25, 0.3) is 0 Å². The minimum absolute atomic E-state index is 0. The van der Waals surface area contributed by atoms with Crippen molar-refractivity contribution in [3.8, 4) is 10.6 Å². The monoisotopic (exact) mass is 326 g/mol. The van der Waals surface area contributed by atoms with E-state index < -0.39 is 10.1 Å². The molecule has 5 nitrogen and oxygen atoms in total. The minimum Gasteiger partial charge on any atom is -0.744 e. The maximum absolute atomic E-state index is 11.4. The van der Waals surface area contributed by atoms with Crippen LogP contribution < -0.4 is 24.6 Å². The molecule has 0 spiro atoms. The van der Waals surface area contributed by atoms with Crippen LogP contribution in [-0.4, -0.2) is 18.0 Å². The summed E-state index contributed by atoms with van der Waals surface area (Å²) in [5.74, 6) is 0. The molecule has 0 amide bonds. The molecule has 0 aliphatic carbocycles.